The smallest absolute Gasteiger partial charge is 0.246 e. The average Bonchev–Trinajstić information content (AvgIpc) is 2.25. The van der Waals surface area contributed by atoms with Crippen LogP contribution in [0, 0.1) is 5.92 Å². The molecule has 0 aromatic rings. The van der Waals surface area contributed by atoms with Gasteiger partial charge < -0.3 is 15.4 Å². The average molecular weight is 356 g/mol. The molecule has 0 bridgehead atoms. The molecule has 5 nitrogen and oxygen atoms in total. The standard InChI is InChI=1S/C11H21IN2O3/c1-8(2)11(16)14-6-4-5-13-10(15)7-17-9(3)12/h8-9H,4-7H2,1-3H3,(H,13,15)(H,14,16). The number of halogens is 1. The fraction of sp³-hybridized carbons (Fsp3) is 0.818. The molecular weight excluding hydrogens is 335 g/mol. The summed E-state index contributed by atoms with van der Waals surface area (Å²) < 4.78 is 5.17. The molecule has 0 aliphatic heterocycles. The van der Waals surface area contributed by atoms with E-state index in [0.29, 0.717) is 13.1 Å². The van der Waals surface area contributed by atoms with Gasteiger partial charge in [-0.25, -0.2) is 0 Å². The summed E-state index contributed by atoms with van der Waals surface area (Å²) in [5.74, 6) is -0.0785. The first-order chi connectivity index (χ1) is 7.93. The molecule has 0 spiro atoms. The van der Waals surface area contributed by atoms with E-state index in [-0.39, 0.29) is 28.4 Å². The van der Waals surface area contributed by atoms with Crippen molar-refractivity contribution in [1.29, 1.82) is 0 Å². The third-order valence-corrected chi connectivity index (χ3v) is 2.30. The van der Waals surface area contributed by atoms with Crippen LogP contribution in [-0.4, -0.2) is 35.6 Å². The predicted molar refractivity (Wildman–Crippen MR) is 74.9 cm³/mol. The molecule has 1 unspecified atom stereocenters. The number of ether oxygens (including phenoxy) is 1. The fourth-order valence-electron chi connectivity index (χ4n) is 0.973. The van der Waals surface area contributed by atoms with Crippen molar-refractivity contribution < 1.29 is 14.3 Å². The number of nitrogens with one attached hydrogen (secondary N) is 2. The molecule has 0 saturated heterocycles. The van der Waals surface area contributed by atoms with Gasteiger partial charge in [-0.15, -0.1) is 0 Å². The van der Waals surface area contributed by atoms with Gasteiger partial charge in [0.05, 0.1) is 0 Å². The zero-order chi connectivity index (χ0) is 13.3. The molecule has 0 saturated carbocycles. The van der Waals surface area contributed by atoms with Crippen LogP contribution in [0.4, 0.5) is 0 Å². The van der Waals surface area contributed by atoms with Crippen LogP contribution in [0.5, 0.6) is 0 Å². The molecule has 6 heteroatoms. The summed E-state index contributed by atoms with van der Waals surface area (Å²) >= 11 is 2.09. The minimum atomic E-state index is -0.122. The number of carbonyl (C=O) groups excluding carboxylic acids is 2. The van der Waals surface area contributed by atoms with Gasteiger partial charge in [0.15, 0.2) is 0 Å². The largest absolute Gasteiger partial charge is 0.358 e. The molecule has 0 rings (SSSR count). The Labute approximate surface area is 116 Å². The number of rotatable bonds is 8. The molecule has 0 aromatic heterocycles. The highest BCUT2D eigenvalue weighted by atomic mass is 127. The van der Waals surface area contributed by atoms with Crippen LogP contribution in [0.25, 0.3) is 0 Å². The lowest BCUT2D eigenvalue weighted by atomic mass is 10.2. The molecule has 0 heterocycles. The quantitative estimate of drug-likeness (QED) is 0.388. The van der Waals surface area contributed by atoms with Crippen molar-refractivity contribution in [3.8, 4) is 0 Å². The van der Waals surface area contributed by atoms with Crippen molar-refractivity contribution in [3.63, 3.8) is 0 Å². The van der Waals surface area contributed by atoms with E-state index in [2.05, 4.69) is 33.2 Å². The van der Waals surface area contributed by atoms with Gasteiger partial charge in [-0.1, -0.05) is 36.4 Å². The van der Waals surface area contributed by atoms with Gasteiger partial charge in [-0.2, -0.15) is 0 Å². The second-order valence-corrected chi connectivity index (χ2v) is 5.76. The van der Waals surface area contributed by atoms with Crippen LogP contribution >= 0.6 is 22.6 Å². The second-order valence-electron chi connectivity index (χ2n) is 4.00. The molecule has 2 amide bonds. The first kappa shape index (κ1) is 16.6. The molecule has 0 fully saturated rings. The van der Waals surface area contributed by atoms with Crippen LogP contribution in [0.15, 0.2) is 0 Å². The summed E-state index contributed by atoms with van der Waals surface area (Å²) in [5.41, 5.74) is 0. The Morgan fingerprint density at radius 1 is 1.18 bits per heavy atom. The molecule has 0 radical (unpaired) electrons. The first-order valence-electron chi connectivity index (χ1n) is 5.73. The van der Waals surface area contributed by atoms with Crippen LogP contribution in [0.1, 0.15) is 27.2 Å². The van der Waals surface area contributed by atoms with Crippen LogP contribution in [0.3, 0.4) is 0 Å². The van der Waals surface area contributed by atoms with Gasteiger partial charge in [-0.3, -0.25) is 9.59 Å². The van der Waals surface area contributed by atoms with Crippen molar-refractivity contribution in [2.75, 3.05) is 19.7 Å². The zero-order valence-corrected chi connectivity index (χ0v) is 12.7. The van der Waals surface area contributed by atoms with Gasteiger partial charge in [0.1, 0.15) is 10.7 Å². The molecule has 1 atom stereocenters. The van der Waals surface area contributed by atoms with Crippen molar-refractivity contribution in [1.82, 2.24) is 10.6 Å². The van der Waals surface area contributed by atoms with E-state index in [1.165, 1.54) is 0 Å². The number of amides is 2. The van der Waals surface area contributed by atoms with Crippen LogP contribution in [-0.2, 0) is 14.3 Å². The van der Waals surface area contributed by atoms with E-state index in [1.807, 2.05) is 20.8 Å². The highest BCUT2D eigenvalue weighted by molar-refractivity contribution is 14.1. The lowest BCUT2D eigenvalue weighted by Gasteiger charge is -2.09. The third-order valence-electron chi connectivity index (χ3n) is 1.94. The molecule has 2 N–H and O–H groups in total. The SMILES string of the molecule is CC(I)OCC(=O)NCCCNC(=O)C(C)C. The van der Waals surface area contributed by atoms with Crippen LogP contribution in [0.2, 0.25) is 0 Å². The van der Waals surface area contributed by atoms with Gasteiger partial charge >= 0.3 is 0 Å². The molecule has 0 aliphatic rings. The second kappa shape index (κ2) is 9.64. The normalized spacial score (nSPS) is 12.3. The van der Waals surface area contributed by atoms with E-state index in [0.717, 1.165) is 6.42 Å². The first-order valence-corrected chi connectivity index (χ1v) is 6.98. The highest BCUT2D eigenvalue weighted by Crippen LogP contribution is 1.98. The van der Waals surface area contributed by atoms with Gasteiger partial charge in [-0.05, 0) is 13.3 Å². The Bertz CT molecular complexity index is 245. The number of carbonyl (C=O) groups is 2. The van der Waals surface area contributed by atoms with Crippen molar-refractivity contribution in [2.45, 2.75) is 31.3 Å². The summed E-state index contributed by atoms with van der Waals surface area (Å²) in [6.07, 6.45) is 0.726. The molecule has 0 aliphatic carbocycles. The monoisotopic (exact) mass is 356 g/mol. The van der Waals surface area contributed by atoms with Gasteiger partial charge in [0, 0.05) is 19.0 Å². The Morgan fingerprint density at radius 2 is 1.76 bits per heavy atom. The summed E-state index contributed by atoms with van der Waals surface area (Å²) in [6, 6.07) is 0. The molecule has 0 aromatic carbocycles. The summed E-state index contributed by atoms with van der Waals surface area (Å²) in [6.45, 7) is 6.79. The summed E-state index contributed by atoms with van der Waals surface area (Å²) in [5, 5.41) is 5.51. The van der Waals surface area contributed by atoms with Crippen molar-refractivity contribution >= 4 is 34.4 Å². The van der Waals surface area contributed by atoms with Gasteiger partial charge in [0.2, 0.25) is 11.8 Å². The van der Waals surface area contributed by atoms with E-state index in [9.17, 15) is 9.59 Å². The zero-order valence-electron chi connectivity index (χ0n) is 10.6. The lowest BCUT2D eigenvalue weighted by Crippen LogP contribution is -2.33. The minimum Gasteiger partial charge on any atom is -0.358 e. The van der Waals surface area contributed by atoms with E-state index in [1.54, 1.807) is 0 Å². The highest BCUT2D eigenvalue weighted by Gasteiger charge is 2.05. The topological polar surface area (TPSA) is 67.4 Å². The number of hydrogen-bond donors (Lipinski definition) is 2. The van der Waals surface area contributed by atoms with E-state index < -0.39 is 0 Å². The molecule has 17 heavy (non-hydrogen) atoms. The number of alkyl halides is 1. The predicted octanol–water partition coefficient (Wildman–Crippen LogP) is 1.06. The Morgan fingerprint density at radius 3 is 2.29 bits per heavy atom. The van der Waals surface area contributed by atoms with Gasteiger partial charge in [0.25, 0.3) is 0 Å². The summed E-state index contributed by atoms with van der Waals surface area (Å²) in [7, 11) is 0. The van der Waals surface area contributed by atoms with Crippen molar-refractivity contribution in [3.05, 3.63) is 0 Å². The Hall–Kier alpha value is -0.370. The van der Waals surface area contributed by atoms with E-state index >= 15 is 0 Å². The third kappa shape index (κ3) is 10.5. The summed E-state index contributed by atoms with van der Waals surface area (Å²) in [4.78, 5) is 22.4. The Balaban J connectivity index is 3.39. The van der Waals surface area contributed by atoms with Crippen molar-refractivity contribution in [2.24, 2.45) is 5.92 Å². The minimum absolute atomic E-state index is 0.00290. The molecular formula is C11H21IN2O3. The number of hydrogen-bond acceptors (Lipinski definition) is 3. The Kier molecular flexibility index (Phi) is 9.43. The van der Waals surface area contributed by atoms with Crippen LogP contribution < -0.4 is 10.6 Å². The fourth-order valence-corrected chi connectivity index (χ4v) is 1.15. The maximum Gasteiger partial charge on any atom is 0.246 e. The molecule has 100 valence electrons. The maximum atomic E-state index is 11.2. The maximum absolute atomic E-state index is 11.2. The van der Waals surface area contributed by atoms with E-state index in [4.69, 9.17) is 4.74 Å². The lowest BCUT2D eigenvalue weighted by molar-refractivity contribution is -0.125.